The van der Waals surface area contributed by atoms with E-state index in [9.17, 15) is 9.18 Å². The van der Waals surface area contributed by atoms with Crippen molar-refractivity contribution in [2.75, 3.05) is 44.2 Å². The zero-order chi connectivity index (χ0) is 20.1. The fourth-order valence-electron chi connectivity index (χ4n) is 4.06. The molecule has 6 nitrogen and oxygen atoms in total. The van der Waals surface area contributed by atoms with E-state index in [2.05, 4.69) is 24.5 Å². The SMILES string of the molecule is O=C(NCCN1CCN(c2nc(Cc3ccc(F)cc3)ns2)CC1)C1CCCC1. The van der Waals surface area contributed by atoms with Crippen molar-refractivity contribution >= 4 is 22.6 Å². The Balaban J connectivity index is 1.19. The summed E-state index contributed by atoms with van der Waals surface area (Å²) in [5, 5.41) is 4.06. The van der Waals surface area contributed by atoms with Gasteiger partial charge in [-0.2, -0.15) is 4.37 Å². The minimum atomic E-state index is -0.225. The number of hydrogen-bond acceptors (Lipinski definition) is 6. The van der Waals surface area contributed by atoms with Gasteiger partial charge in [0.1, 0.15) is 11.6 Å². The number of rotatable bonds is 7. The van der Waals surface area contributed by atoms with Crippen LogP contribution in [-0.2, 0) is 11.2 Å². The molecular formula is C21H28FN5OS. The predicted octanol–water partition coefficient (Wildman–Crippen LogP) is 2.70. The molecule has 0 unspecified atom stereocenters. The summed E-state index contributed by atoms with van der Waals surface area (Å²) in [7, 11) is 0. The van der Waals surface area contributed by atoms with Crippen LogP contribution in [0.1, 0.15) is 37.1 Å². The Labute approximate surface area is 175 Å². The molecule has 0 atom stereocenters. The van der Waals surface area contributed by atoms with Crippen LogP contribution in [0.2, 0.25) is 0 Å². The van der Waals surface area contributed by atoms with Crippen LogP contribution in [0.3, 0.4) is 0 Å². The molecule has 1 aromatic carbocycles. The molecule has 1 saturated carbocycles. The van der Waals surface area contributed by atoms with Gasteiger partial charge in [-0.3, -0.25) is 9.69 Å². The first kappa shape index (κ1) is 20.2. The summed E-state index contributed by atoms with van der Waals surface area (Å²) in [5.41, 5.74) is 1.01. The zero-order valence-electron chi connectivity index (χ0n) is 16.6. The van der Waals surface area contributed by atoms with E-state index in [1.54, 1.807) is 12.1 Å². The Morgan fingerprint density at radius 3 is 2.59 bits per heavy atom. The maximum absolute atomic E-state index is 13.0. The van der Waals surface area contributed by atoms with Crippen molar-refractivity contribution in [3.8, 4) is 0 Å². The molecule has 0 radical (unpaired) electrons. The van der Waals surface area contributed by atoms with E-state index in [1.165, 1.54) is 36.5 Å². The lowest BCUT2D eigenvalue weighted by atomic mass is 10.1. The zero-order valence-corrected chi connectivity index (χ0v) is 17.5. The smallest absolute Gasteiger partial charge is 0.223 e. The normalized spacial score (nSPS) is 18.3. The van der Waals surface area contributed by atoms with Gasteiger partial charge in [-0.1, -0.05) is 25.0 Å². The summed E-state index contributed by atoms with van der Waals surface area (Å²) >= 11 is 1.43. The standard InChI is InChI=1S/C21H28FN5OS/c22-18-7-5-16(6-8-18)15-19-24-21(29-25-19)27-13-11-26(12-14-27)10-9-23-20(28)17-3-1-2-4-17/h5-8,17H,1-4,9-15H2,(H,23,28). The Kier molecular flexibility index (Phi) is 6.71. The molecule has 0 spiro atoms. The Morgan fingerprint density at radius 2 is 1.86 bits per heavy atom. The van der Waals surface area contributed by atoms with Crippen LogP contribution in [0, 0.1) is 11.7 Å². The minimum absolute atomic E-state index is 0.225. The molecule has 2 aromatic rings. The van der Waals surface area contributed by atoms with Crippen LogP contribution in [0.15, 0.2) is 24.3 Å². The van der Waals surface area contributed by atoms with Crippen LogP contribution in [-0.4, -0.2) is 59.4 Å². The summed E-state index contributed by atoms with van der Waals surface area (Å²) in [6.45, 7) is 5.40. The maximum atomic E-state index is 13.0. The second-order valence-corrected chi connectivity index (χ2v) is 8.63. The van der Waals surface area contributed by atoms with E-state index in [4.69, 9.17) is 0 Å². The molecule has 2 fully saturated rings. The van der Waals surface area contributed by atoms with Gasteiger partial charge in [-0.15, -0.1) is 0 Å². The lowest BCUT2D eigenvalue weighted by Gasteiger charge is -2.34. The summed E-state index contributed by atoms with van der Waals surface area (Å²) in [4.78, 5) is 21.4. The summed E-state index contributed by atoms with van der Waals surface area (Å²) in [6, 6.07) is 6.50. The average Bonchev–Trinajstić information content (AvgIpc) is 3.43. The Morgan fingerprint density at radius 1 is 1.14 bits per heavy atom. The molecule has 4 rings (SSSR count). The molecule has 156 valence electrons. The molecule has 2 heterocycles. The number of nitrogens with one attached hydrogen (secondary N) is 1. The van der Waals surface area contributed by atoms with Crippen LogP contribution in [0.25, 0.3) is 0 Å². The molecule has 1 aliphatic heterocycles. The second-order valence-electron chi connectivity index (χ2n) is 7.90. The van der Waals surface area contributed by atoms with Crippen molar-refractivity contribution < 1.29 is 9.18 Å². The van der Waals surface area contributed by atoms with Crippen molar-refractivity contribution in [3.05, 3.63) is 41.5 Å². The van der Waals surface area contributed by atoms with Gasteiger partial charge in [0.05, 0.1) is 0 Å². The Bertz CT molecular complexity index is 798. The number of carbonyl (C=O) groups excluding carboxylic acids is 1. The third-order valence-corrected chi connectivity index (χ3v) is 6.64. The Hall–Kier alpha value is -2.06. The number of amides is 1. The van der Waals surface area contributed by atoms with Gasteiger partial charge in [0, 0.05) is 63.1 Å². The van der Waals surface area contributed by atoms with E-state index in [1.807, 2.05) is 0 Å². The van der Waals surface area contributed by atoms with Gasteiger partial charge >= 0.3 is 0 Å². The van der Waals surface area contributed by atoms with E-state index in [-0.39, 0.29) is 17.6 Å². The molecule has 29 heavy (non-hydrogen) atoms. The second kappa shape index (κ2) is 9.63. The van der Waals surface area contributed by atoms with Gasteiger partial charge in [-0.05, 0) is 30.5 Å². The topological polar surface area (TPSA) is 61.4 Å². The number of benzene rings is 1. The quantitative estimate of drug-likeness (QED) is 0.751. The van der Waals surface area contributed by atoms with Crippen molar-refractivity contribution in [1.82, 2.24) is 19.6 Å². The lowest BCUT2D eigenvalue weighted by Crippen LogP contribution is -2.48. The van der Waals surface area contributed by atoms with E-state index in [0.29, 0.717) is 6.42 Å². The van der Waals surface area contributed by atoms with Gasteiger partial charge in [0.15, 0.2) is 0 Å². The number of anilines is 1. The molecule has 1 amide bonds. The highest BCUT2D eigenvalue weighted by Crippen LogP contribution is 2.24. The van der Waals surface area contributed by atoms with Crippen molar-refractivity contribution in [3.63, 3.8) is 0 Å². The van der Waals surface area contributed by atoms with Crippen LogP contribution < -0.4 is 10.2 Å². The third-order valence-electron chi connectivity index (χ3n) is 5.83. The number of nitrogens with zero attached hydrogens (tertiary/aromatic N) is 4. The molecule has 0 bridgehead atoms. The number of aromatic nitrogens is 2. The predicted molar refractivity (Wildman–Crippen MR) is 113 cm³/mol. The summed E-state index contributed by atoms with van der Waals surface area (Å²) < 4.78 is 17.5. The molecule has 1 saturated heterocycles. The number of hydrogen-bond donors (Lipinski definition) is 1. The van der Waals surface area contributed by atoms with Crippen LogP contribution in [0.4, 0.5) is 9.52 Å². The fourth-order valence-corrected chi connectivity index (χ4v) is 4.80. The highest BCUT2D eigenvalue weighted by molar-refractivity contribution is 7.09. The maximum Gasteiger partial charge on any atom is 0.223 e. The first-order chi connectivity index (χ1) is 14.2. The minimum Gasteiger partial charge on any atom is -0.355 e. The summed E-state index contributed by atoms with van der Waals surface area (Å²) in [6.07, 6.45) is 5.11. The first-order valence-electron chi connectivity index (χ1n) is 10.5. The molecule has 2 aliphatic rings. The third kappa shape index (κ3) is 5.51. The van der Waals surface area contributed by atoms with Crippen LogP contribution in [0.5, 0.6) is 0 Å². The molecule has 1 aromatic heterocycles. The number of carbonyl (C=O) groups is 1. The fraction of sp³-hybridized carbons (Fsp3) is 0.571. The average molecular weight is 418 g/mol. The van der Waals surface area contributed by atoms with Crippen molar-refractivity contribution in [2.45, 2.75) is 32.1 Å². The first-order valence-corrected chi connectivity index (χ1v) is 11.3. The highest BCUT2D eigenvalue weighted by Gasteiger charge is 2.23. The van der Waals surface area contributed by atoms with E-state index in [0.717, 1.165) is 68.6 Å². The number of piperazine rings is 1. The van der Waals surface area contributed by atoms with E-state index < -0.39 is 0 Å². The van der Waals surface area contributed by atoms with Crippen molar-refractivity contribution in [1.29, 1.82) is 0 Å². The number of halogens is 1. The largest absolute Gasteiger partial charge is 0.355 e. The van der Waals surface area contributed by atoms with Gasteiger partial charge in [0.2, 0.25) is 11.0 Å². The summed E-state index contributed by atoms with van der Waals surface area (Å²) in [5.74, 6) is 1.04. The van der Waals surface area contributed by atoms with E-state index >= 15 is 0 Å². The lowest BCUT2D eigenvalue weighted by molar-refractivity contribution is -0.124. The van der Waals surface area contributed by atoms with Gasteiger partial charge < -0.3 is 10.2 Å². The molecule has 1 N–H and O–H groups in total. The van der Waals surface area contributed by atoms with Crippen LogP contribution >= 0.6 is 11.5 Å². The molecular weight excluding hydrogens is 389 g/mol. The monoisotopic (exact) mass is 417 g/mol. The van der Waals surface area contributed by atoms with Gasteiger partial charge in [0.25, 0.3) is 0 Å². The molecule has 1 aliphatic carbocycles. The van der Waals surface area contributed by atoms with Crippen molar-refractivity contribution in [2.24, 2.45) is 5.92 Å². The highest BCUT2D eigenvalue weighted by atomic mass is 32.1. The van der Waals surface area contributed by atoms with Gasteiger partial charge in [-0.25, -0.2) is 9.37 Å². The molecule has 8 heteroatoms.